The van der Waals surface area contributed by atoms with Gasteiger partial charge in [0.25, 0.3) is 0 Å². The van der Waals surface area contributed by atoms with Crippen LogP contribution in [0.2, 0.25) is 0 Å². The normalized spacial score (nSPS) is 14.5. The molecule has 1 aliphatic rings. The number of carboxylic acid groups (broad SMARTS) is 1. The third kappa shape index (κ3) is 10.5. The van der Waals surface area contributed by atoms with Crippen molar-refractivity contribution in [2.45, 2.75) is 70.8 Å². The molecule has 1 fully saturated rings. The lowest BCUT2D eigenvalue weighted by atomic mass is 9.86. The summed E-state index contributed by atoms with van der Waals surface area (Å²) in [6.45, 7) is 2.90. The summed E-state index contributed by atoms with van der Waals surface area (Å²) < 4.78 is 43.6. The summed E-state index contributed by atoms with van der Waals surface area (Å²) in [6.07, 6.45) is 7.95. The highest BCUT2D eigenvalue weighted by molar-refractivity contribution is 5.72. The minimum absolute atomic E-state index is 0.180. The molecule has 1 unspecified atom stereocenters. The van der Waals surface area contributed by atoms with Crippen LogP contribution in [0, 0.1) is 17.6 Å². The van der Waals surface area contributed by atoms with E-state index in [1.54, 1.807) is 31.2 Å². The Hall–Kier alpha value is -3.20. The Morgan fingerprint density at radius 2 is 1.77 bits per heavy atom. The molecule has 0 spiro atoms. The number of halogens is 2. The van der Waals surface area contributed by atoms with Crippen molar-refractivity contribution in [1.29, 1.82) is 0 Å². The Morgan fingerprint density at radius 1 is 1.03 bits per heavy atom. The largest absolute Gasteiger partial charge is 0.492 e. The number of amides is 1. The summed E-state index contributed by atoms with van der Waals surface area (Å²) in [7, 11) is 0. The first-order chi connectivity index (χ1) is 18.9. The number of nitrogens with zero attached hydrogens (tertiary/aromatic N) is 1. The van der Waals surface area contributed by atoms with Gasteiger partial charge in [-0.25, -0.2) is 18.4 Å². The van der Waals surface area contributed by atoms with Gasteiger partial charge in [-0.2, -0.15) is 0 Å². The Kier molecular flexibility index (Phi) is 12.5. The number of rotatable bonds is 15. The van der Waals surface area contributed by atoms with Gasteiger partial charge in [0.1, 0.15) is 18.2 Å². The van der Waals surface area contributed by atoms with Gasteiger partial charge in [0.05, 0.1) is 6.54 Å². The molecule has 1 N–H and O–H groups in total. The zero-order valence-electron chi connectivity index (χ0n) is 22.6. The fourth-order valence-corrected chi connectivity index (χ4v) is 4.85. The Bertz CT molecular complexity index is 1040. The predicted molar refractivity (Wildman–Crippen MR) is 143 cm³/mol. The summed E-state index contributed by atoms with van der Waals surface area (Å²) >= 11 is 0. The lowest BCUT2D eigenvalue weighted by Gasteiger charge is -2.24. The zero-order chi connectivity index (χ0) is 28.0. The standard InChI is InChI=1S/C30H39F2NO6/c1-2-37-28(29(34)35)20-23-11-14-25(15-12-23)38-19-18-33(17-7-6-10-22-8-4-3-5-9-22)30(36)39-27-16-13-24(31)21-26(27)32/h11-16,21-22,28H,2-10,17-20H2,1H3,(H,34,35). The van der Waals surface area contributed by atoms with Crippen molar-refractivity contribution < 1.29 is 37.7 Å². The van der Waals surface area contributed by atoms with Crippen LogP contribution in [0.25, 0.3) is 0 Å². The number of carbonyl (C=O) groups excluding carboxylic acids is 1. The maximum atomic E-state index is 14.1. The summed E-state index contributed by atoms with van der Waals surface area (Å²) in [5.74, 6) is -1.70. The number of unbranched alkanes of at least 4 members (excludes halogenated alkanes) is 1. The maximum absolute atomic E-state index is 14.1. The summed E-state index contributed by atoms with van der Waals surface area (Å²) in [5.41, 5.74) is 0.799. The number of hydrogen-bond donors (Lipinski definition) is 1. The van der Waals surface area contributed by atoms with Crippen molar-refractivity contribution in [1.82, 2.24) is 4.90 Å². The molecule has 1 atom stereocenters. The van der Waals surface area contributed by atoms with E-state index < -0.39 is 29.8 Å². The van der Waals surface area contributed by atoms with Gasteiger partial charge in [-0.15, -0.1) is 0 Å². The van der Waals surface area contributed by atoms with Gasteiger partial charge >= 0.3 is 12.1 Å². The topological polar surface area (TPSA) is 85.3 Å². The number of hydrogen-bond acceptors (Lipinski definition) is 5. The second kappa shape index (κ2) is 16.0. The molecule has 2 aromatic rings. The lowest BCUT2D eigenvalue weighted by molar-refractivity contribution is -0.149. The Morgan fingerprint density at radius 3 is 2.44 bits per heavy atom. The van der Waals surface area contributed by atoms with Gasteiger partial charge in [-0.3, -0.25) is 0 Å². The van der Waals surface area contributed by atoms with Gasteiger partial charge in [0.2, 0.25) is 0 Å². The molecule has 0 saturated heterocycles. The highest BCUT2D eigenvalue weighted by atomic mass is 19.1. The third-order valence-corrected chi connectivity index (χ3v) is 6.98. The second-order valence-corrected chi connectivity index (χ2v) is 9.91. The third-order valence-electron chi connectivity index (χ3n) is 6.98. The minimum Gasteiger partial charge on any atom is -0.492 e. The van der Waals surface area contributed by atoms with Crippen LogP contribution < -0.4 is 9.47 Å². The fraction of sp³-hybridized carbons (Fsp3) is 0.533. The first-order valence-electron chi connectivity index (χ1n) is 13.8. The average molecular weight is 548 g/mol. The number of ether oxygens (including phenoxy) is 3. The van der Waals surface area contributed by atoms with Crippen LogP contribution in [0.15, 0.2) is 42.5 Å². The van der Waals surface area contributed by atoms with Crippen LogP contribution in [-0.4, -0.2) is 54.5 Å². The fourth-order valence-electron chi connectivity index (χ4n) is 4.85. The van der Waals surface area contributed by atoms with Crippen molar-refractivity contribution in [2.75, 3.05) is 26.3 Å². The lowest BCUT2D eigenvalue weighted by Crippen LogP contribution is -2.37. The molecule has 2 aromatic carbocycles. The smallest absolute Gasteiger partial charge is 0.415 e. The summed E-state index contributed by atoms with van der Waals surface area (Å²) in [5, 5.41) is 9.27. The molecule has 1 saturated carbocycles. The zero-order valence-corrected chi connectivity index (χ0v) is 22.6. The van der Waals surface area contributed by atoms with Crippen molar-refractivity contribution in [3.63, 3.8) is 0 Å². The maximum Gasteiger partial charge on any atom is 0.415 e. The minimum atomic E-state index is -1.01. The molecule has 0 radical (unpaired) electrons. The molecule has 9 heteroatoms. The van der Waals surface area contributed by atoms with E-state index in [2.05, 4.69) is 0 Å². The average Bonchev–Trinajstić information content (AvgIpc) is 2.92. The summed E-state index contributed by atoms with van der Waals surface area (Å²) in [4.78, 5) is 25.7. The van der Waals surface area contributed by atoms with Gasteiger partial charge in [-0.05, 0) is 49.1 Å². The molecular formula is C30H39F2NO6. The summed E-state index contributed by atoms with van der Waals surface area (Å²) in [6, 6.07) is 9.85. The van der Waals surface area contributed by atoms with Crippen LogP contribution in [-0.2, 0) is 16.0 Å². The number of carbonyl (C=O) groups is 2. The van der Waals surface area contributed by atoms with Crippen LogP contribution in [0.1, 0.15) is 63.9 Å². The highest BCUT2D eigenvalue weighted by Gasteiger charge is 2.20. The number of carboxylic acids is 1. The SMILES string of the molecule is CCOC(Cc1ccc(OCCN(CCCCC2CCCCC2)C(=O)Oc2ccc(F)cc2F)cc1)C(=O)O. The van der Waals surface area contributed by atoms with Crippen molar-refractivity contribution >= 4 is 12.1 Å². The molecule has 1 amide bonds. The van der Waals surface area contributed by atoms with Crippen LogP contribution in [0.4, 0.5) is 13.6 Å². The van der Waals surface area contributed by atoms with E-state index in [0.29, 0.717) is 25.0 Å². The van der Waals surface area contributed by atoms with E-state index in [9.17, 15) is 23.5 Å². The molecular weight excluding hydrogens is 508 g/mol. The molecule has 214 valence electrons. The van der Waals surface area contributed by atoms with Crippen LogP contribution in [0.3, 0.4) is 0 Å². The predicted octanol–water partition coefficient (Wildman–Crippen LogP) is 6.63. The van der Waals surface area contributed by atoms with E-state index in [-0.39, 0.29) is 25.3 Å². The molecule has 0 heterocycles. The van der Waals surface area contributed by atoms with Gasteiger partial charge < -0.3 is 24.2 Å². The van der Waals surface area contributed by atoms with Gasteiger partial charge in [-0.1, -0.05) is 57.1 Å². The van der Waals surface area contributed by atoms with E-state index in [0.717, 1.165) is 42.9 Å². The Balaban J connectivity index is 1.53. The van der Waals surface area contributed by atoms with Crippen LogP contribution in [0.5, 0.6) is 11.5 Å². The van der Waals surface area contributed by atoms with E-state index in [1.165, 1.54) is 37.0 Å². The molecule has 3 rings (SSSR count). The van der Waals surface area contributed by atoms with Gasteiger partial charge in [0, 0.05) is 25.6 Å². The van der Waals surface area contributed by atoms with Crippen molar-refractivity contribution in [3.05, 3.63) is 59.7 Å². The monoisotopic (exact) mass is 547 g/mol. The Labute approximate surface area is 229 Å². The van der Waals surface area contributed by atoms with E-state index in [4.69, 9.17) is 14.2 Å². The molecule has 1 aliphatic carbocycles. The van der Waals surface area contributed by atoms with Crippen molar-refractivity contribution in [2.24, 2.45) is 5.92 Å². The second-order valence-electron chi connectivity index (χ2n) is 9.91. The first kappa shape index (κ1) is 30.3. The molecule has 39 heavy (non-hydrogen) atoms. The molecule has 7 nitrogen and oxygen atoms in total. The highest BCUT2D eigenvalue weighted by Crippen LogP contribution is 2.28. The molecule has 0 aliphatic heterocycles. The van der Waals surface area contributed by atoms with Crippen LogP contribution >= 0.6 is 0 Å². The number of benzene rings is 2. The van der Waals surface area contributed by atoms with E-state index >= 15 is 0 Å². The molecule has 0 bridgehead atoms. The first-order valence-corrected chi connectivity index (χ1v) is 13.8. The number of aliphatic carboxylic acids is 1. The quantitative estimate of drug-likeness (QED) is 0.252. The molecule has 0 aromatic heterocycles. The van der Waals surface area contributed by atoms with Gasteiger partial charge in [0.15, 0.2) is 17.7 Å². The van der Waals surface area contributed by atoms with E-state index in [1.807, 2.05) is 0 Å². The van der Waals surface area contributed by atoms with Crippen molar-refractivity contribution in [3.8, 4) is 11.5 Å².